The van der Waals surface area contributed by atoms with Crippen LogP contribution in [0.4, 0.5) is 0 Å². The number of nitrogens with two attached hydrogens (primary N) is 2. The van der Waals surface area contributed by atoms with Gasteiger partial charge in [0.1, 0.15) is 18.1 Å². The largest absolute Gasteiger partial charge is 0.481 e. The van der Waals surface area contributed by atoms with Crippen molar-refractivity contribution in [3.63, 3.8) is 0 Å². The van der Waals surface area contributed by atoms with Gasteiger partial charge in [-0.25, -0.2) is 9.78 Å². The summed E-state index contributed by atoms with van der Waals surface area (Å²) in [6.07, 6.45) is 1.51. The minimum atomic E-state index is -1.44. The van der Waals surface area contributed by atoms with Crippen LogP contribution in [0.25, 0.3) is 0 Å². The van der Waals surface area contributed by atoms with E-state index in [-0.39, 0.29) is 32.1 Å². The minimum Gasteiger partial charge on any atom is -0.481 e. The zero-order valence-electron chi connectivity index (χ0n) is 21.5. The molecule has 10 N–H and O–H groups in total. The van der Waals surface area contributed by atoms with Crippen LogP contribution in [-0.2, 0) is 41.6 Å². The Morgan fingerprint density at radius 3 is 2.02 bits per heavy atom. The number of imidazole rings is 1. The molecule has 216 valence electrons. The maximum absolute atomic E-state index is 13.3. The van der Waals surface area contributed by atoms with Gasteiger partial charge in [-0.2, -0.15) is 0 Å². The zero-order valence-corrected chi connectivity index (χ0v) is 21.5. The van der Waals surface area contributed by atoms with Crippen molar-refractivity contribution in [3.05, 3.63) is 54.1 Å². The fourth-order valence-electron chi connectivity index (χ4n) is 3.66. The van der Waals surface area contributed by atoms with Crippen LogP contribution in [0.1, 0.15) is 36.9 Å². The van der Waals surface area contributed by atoms with Gasteiger partial charge in [-0.15, -0.1) is 0 Å². The highest BCUT2D eigenvalue weighted by Gasteiger charge is 2.31. The smallest absolute Gasteiger partial charge is 0.326 e. The van der Waals surface area contributed by atoms with Crippen molar-refractivity contribution in [2.45, 2.75) is 62.7 Å². The summed E-state index contributed by atoms with van der Waals surface area (Å²) < 4.78 is 0. The van der Waals surface area contributed by atoms with E-state index >= 15 is 0 Å². The number of rotatable bonds is 17. The summed E-state index contributed by atoms with van der Waals surface area (Å²) in [5, 5.41) is 26.0. The summed E-state index contributed by atoms with van der Waals surface area (Å²) in [5.74, 6) is -5.75. The molecule has 4 atom stereocenters. The van der Waals surface area contributed by atoms with Gasteiger partial charge in [-0.05, 0) is 18.4 Å². The number of aromatic nitrogens is 2. The molecule has 0 bridgehead atoms. The molecule has 15 nitrogen and oxygen atoms in total. The highest BCUT2D eigenvalue weighted by atomic mass is 16.4. The molecule has 0 radical (unpaired) electrons. The Morgan fingerprint density at radius 1 is 0.825 bits per heavy atom. The fraction of sp³-hybridized carbons (Fsp3) is 0.400. The van der Waals surface area contributed by atoms with E-state index in [0.29, 0.717) is 11.3 Å². The van der Waals surface area contributed by atoms with Crippen LogP contribution in [0.3, 0.4) is 0 Å². The molecule has 2 aromatic rings. The van der Waals surface area contributed by atoms with Gasteiger partial charge in [-0.1, -0.05) is 30.3 Å². The Morgan fingerprint density at radius 2 is 1.45 bits per heavy atom. The molecule has 1 aromatic heterocycles. The number of H-pyrrole nitrogens is 1. The predicted molar refractivity (Wildman–Crippen MR) is 139 cm³/mol. The monoisotopic (exact) mass is 559 g/mol. The Hall–Kier alpha value is -4.79. The normalized spacial score (nSPS) is 13.7. The molecule has 0 saturated carbocycles. The predicted octanol–water partition coefficient (Wildman–Crippen LogP) is -1.81. The molecule has 1 heterocycles. The van der Waals surface area contributed by atoms with Gasteiger partial charge in [0.25, 0.3) is 0 Å². The summed E-state index contributed by atoms with van der Waals surface area (Å²) in [5.41, 5.74) is 12.0. The molecule has 0 aliphatic heterocycles. The summed E-state index contributed by atoms with van der Waals surface area (Å²) in [7, 11) is 0. The third kappa shape index (κ3) is 10.9. The second kappa shape index (κ2) is 15.6. The summed E-state index contributed by atoms with van der Waals surface area (Å²) in [4.78, 5) is 79.5. The number of aliphatic carboxylic acids is 2. The topological polar surface area (TPSA) is 260 Å². The van der Waals surface area contributed by atoms with Crippen molar-refractivity contribution < 1.29 is 39.0 Å². The van der Waals surface area contributed by atoms with E-state index in [0.717, 1.165) is 0 Å². The quantitative estimate of drug-likeness (QED) is 0.108. The van der Waals surface area contributed by atoms with Crippen LogP contribution < -0.4 is 27.4 Å². The van der Waals surface area contributed by atoms with Gasteiger partial charge >= 0.3 is 11.9 Å². The lowest BCUT2D eigenvalue weighted by Gasteiger charge is -2.25. The van der Waals surface area contributed by atoms with Crippen LogP contribution >= 0.6 is 0 Å². The second-order valence-corrected chi connectivity index (χ2v) is 9.04. The van der Waals surface area contributed by atoms with Gasteiger partial charge in [0, 0.05) is 37.6 Å². The summed E-state index contributed by atoms with van der Waals surface area (Å²) >= 11 is 0. The molecule has 1 aromatic carbocycles. The van der Waals surface area contributed by atoms with Crippen molar-refractivity contribution in [3.8, 4) is 0 Å². The molecule has 40 heavy (non-hydrogen) atoms. The first-order valence-corrected chi connectivity index (χ1v) is 12.4. The number of carbonyl (C=O) groups excluding carboxylic acids is 4. The van der Waals surface area contributed by atoms with Crippen LogP contribution in [0.5, 0.6) is 0 Å². The Labute approximate surface area is 229 Å². The number of nitrogens with one attached hydrogen (secondary N) is 4. The number of benzene rings is 1. The number of hydrogen-bond acceptors (Lipinski definition) is 8. The van der Waals surface area contributed by atoms with E-state index in [1.807, 2.05) is 0 Å². The van der Waals surface area contributed by atoms with Crippen molar-refractivity contribution in [1.29, 1.82) is 0 Å². The molecule has 0 spiro atoms. The zero-order chi connectivity index (χ0) is 29.7. The van der Waals surface area contributed by atoms with Crippen molar-refractivity contribution in [1.82, 2.24) is 25.9 Å². The van der Waals surface area contributed by atoms with E-state index in [1.165, 1.54) is 12.5 Å². The second-order valence-electron chi connectivity index (χ2n) is 9.04. The van der Waals surface area contributed by atoms with Gasteiger partial charge in [0.15, 0.2) is 0 Å². The third-order valence-corrected chi connectivity index (χ3v) is 5.83. The molecular weight excluding hydrogens is 526 g/mol. The maximum atomic E-state index is 13.3. The molecule has 2 rings (SSSR count). The number of carboxylic acid groups (broad SMARTS) is 2. The Bertz CT molecular complexity index is 1170. The minimum absolute atomic E-state index is 0.00814. The number of carbonyl (C=O) groups is 6. The van der Waals surface area contributed by atoms with E-state index in [9.17, 15) is 33.9 Å². The average molecular weight is 560 g/mol. The molecule has 4 unspecified atom stereocenters. The number of primary amides is 1. The first-order valence-electron chi connectivity index (χ1n) is 12.4. The molecular formula is C25H33N7O8. The molecule has 0 saturated heterocycles. The SMILES string of the molecule is NC(=O)CCC(N)C(=O)NC(Cc1ccccc1)C(=O)NC(CCC(=O)O)C(=O)NC(Cc1cnc[nH]1)C(=O)O. The van der Waals surface area contributed by atoms with Crippen LogP contribution in [-0.4, -0.2) is 79.9 Å². The maximum Gasteiger partial charge on any atom is 0.326 e. The first kappa shape index (κ1) is 31.4. The lowest BCUT2D eigenvalue weighted by molar-refractivity contribution is -0.143. The van der Waals surface area contributed by atoms with Gasteiger partial charge in [-0.3, -0.25) is 24.0 Å². The highest BCUT2D eigenvalue weighted by molar-refractivity contribution is 5.94. The van der Waals surface area contributed by atoms with E-state index < -0.39 is 66.2 Å². The van der Waals surface area contributed by atoms with Crippen molar-refractivity contribution in [2.24, 2.45) is 11.5 Å². The molecule has 4 amide bonds. The Balaban J connectivity index is 2.21. The van der Waals surface area contributed by atoms with Crippen LogP contribution in [0.2, 0.25) is 0 Å². The van der Waals surface area contributed by atoms with Crippen LogP contribution in [0, 0.1) is 0 Å². The fourth-order valence-corrected chi connectivity index (χ4v) is 3.66. The lowest BCUT2D eigenvalue weighted by atomic mass is 10.0. The summed E-state index contributed by atoms with van der Waals surface area (Å²) in [6, 6.07) is 3.39. The van der Waals surface area contributed by atoms with Crippen molar-refractivity contribution >= 4 is 35.6 Å². The number of amides is 4. The molecule has 0 aliphatic rings. The van der Waals surface area contributed by atoms with E-state index in [4.69, 9.17) is 16.6 Å². The third-order valence-electron chi connectivity index (χ3n) is 5.83. The number of carboxylic acids is 2. The van der Waals surface area contributed by atoms with Gasteiger partial charge < -0.3 is 42.6 Å². The lowest BCUT2D eigenvalue weighted by Crippen LogP contribution is -2.57. The standard InChI is InChI=1S/C25H33N7O8/c26-16(6-8-20(27)33)22(36)31-18(10-14-4-2-1-3-5-14)24(38)30-17(7-9-21(34)35)23(37)32-19(25(39)40)11-15-12-28-13-29-15/h1-5,12-13,16-19H,6-11,26H2,(H2,27,33)(H,28,29)(H,30,38)(H,31,36)(H,32,37)(H,34,35)(H,39,40). The van der Waals surface area contributed by atoms with E-state index in [1.54, 1.807) is 30.3 Å². The molecule has 0 fully saturated rings. The van der Waals surface area contributed by atoms with E-state index in [2.05, 4.69) is 25.9 Å². The van der Waals surface area contributed by atoms with Crippen LogP contribution in [0.15, 0.2) is 42.9 Å². The average Bonchev–Trinajstić information content (AvgIpc) is 3.42. The number of hydrogen-bond donors (Lipinski definition) is 8. The number of aromatic amines is 1. The highest BCUT2D eigenvalue weighted by Crippen LogP contribution is 2.08. The Kier molecular flexibility index (Phi) is 12.2. The molecule has 15 heteroatoms. The first-order chi connectivity index (χ1) is 19.0. The molecule has 0 aliphatic carbocycles. The van der Waals surface area contributed by atoms with Gasteiger partial charge in [0.2, 0.25) is 23.6 Å². The number of nitrogens with zero attached hydrogens (tertiary/aromatic N) is 1. The summed E-state index contributed by atoms with van der Waals surface area (Å²) in [6.45, 7) is 0. The van der Waals surface area contributed by atoms with Gasteiger partial charge in [0.05, 0.1) is 12.4 Å². The van der Waals surface area contributed by atoms with Crippen molar-refractivity contribution in [2.75, 3.05) is 0 Å².